The van der Waals surface area contributed by atoms with Crippen LogP contribution in [0.4, 0.5) is 13.2 Å². The maximum atomic E-state index is 12.7. The molecule has 0 spiro atoms. The molecule has 1 fully saturated rings. The van der Waals surface area contributed by atoms with Crippen molar-refractivity contribution in [3.63, 3.8) is 0 Å². The summed E-state index contributed by atoms with van der Waals surface area (Å²) in [6, 6.07) is 5.85. The number of alkyl halides is 3. The second-order valence-corrected chi connectivity index (χ2v) is 5.70. The van der Waals surface area contributed by atoms with Gasteiger partial charge in [-0.05, 0) is 49.3 Å². The van der Waals surface area contributed by atoms with Gasteiger partial charge in [0.15, 0.2) is 0 Å². The zero-order valence-corrected chi connectivity index (χ0v) is 12.3. The topological polar surface area (TPSA) is 61.8 Å². The maximum Gasteiger partial charge on any atom is 0.416 e. The first kappa shape index (κ1) is 16.8. The minimum absolute atomic E-state index is 0.146. The van der Waals surface area contributed by atoms with Gasteiger partial charge in [-0.25, -0.2) is 0 Å². The van der Waals surface area contributed by atoms with Crippen molar-refractivity contribution in [2.24, 2.45) is 5.73 Å². The Morgan fingerprint density at radius 3 is 2.45 bits per heavy atom. The number of nitrogens with one attached hydrogen (secondary N) is 1. The molecule has 0 heterocycles. The summed E-state index contributed by atoms with van der Waals surface area (Å²) < 4.78 is 38.2. The first-order chi connectivity index (χ1) is 10.5. The summed E-state index contributed by atoms with van der Waals surface area (Å²) in [6.07, 6.45) is -0.744. The molecule has 1 aliphatic rings. The van der Waals surface area contributed by atoms with E-state index in [1.807, 2.05) is 6.07 Å². The molecule has 0 unspecified atom stereocenters. The molecule has 0 saturated heterocycles. The van der Waals surface area contributed by atoms with Crippen LogP contribution in [0.2, 0.25) is 0 Å². The summed E-state index contributed by atoms with van der Waals surface area (Å²) in [6.45, 7) is 1.37. The molecular weight excluding hydrogens is 291 g/mol. The lowest BCUT2D eigenvalue weighted by Gasteiger charge is -2.30. The monoisotopic (exact) mass is 311 g/mol. The van der Waals surface area contributed by atoms with Crippen molar-refractivity contribution in [2.45, 2.75) is 43.8 Å². The molecule has 0 atom stereocenters. The van der Waals surface area contributed by atoms with Gasteiger partial charge in [-0.1, -0.05) is 6.07 Å². The van der Waals surface area contributed by atoms with Crippen LogP contribution in [0.3, 0.4) is 0 Å². The van der Waals surface area contributed by atoms with E-state index in [-0.39, 0.29) is 11.5 Å². The quantitative estimate of drug-likeness (QED) is 0.898. The summed E-state index contributed by atoms with van der Waals surface area (Å²) >= 11 is 0. The fourth-order valence-corrected chi connectivity index (χ4v) is 3.08. The zero-order chi connectivity index (χ0) is 16.2. The number of nitrogens with two attached hydrogens (primary N) is 1. The first-order valence-corrected chi connectivity index (χ1v) is 7.50. The lowest BCUT2D eigenvalue weighted by Crippen LogP contribution is -2.36. The molecular formula is C16H20F3N3. The largest absolute Gasteiger partial charge is 0.416 e. The van der Waals surface area contributed by atoms with Gasteiger partial charge in [0, 0.05) is 19.1 Å². The summed E-state index contributed by atoms with van der Waals surface area (Å²) in [5.74, 6) is 0.160. The predicted molar refractivity (Wildman–Crippen MR) is 78.2 cm³/mol. The van der Waals surface area contributed by atoms with Crippen molar-refractivity contribution in [3.05, 3.63) is 34.9 Å². The van der Waals surface area contributed by atoms with Crippen LogP contribution in [0.1, 0.15) is 48.3 Å². The number of benzene rings is 1. The average molecular weight is 311 g/mol. The molecule has 120 valence electrons. The summed E-state index contributed by atoms with van der Waals surface area (Å²) in [4.78, 5) is 0. The van der Waals surface area contributed by atoms with Gasteiger partial charge in [-0.2, -0.15) is 18.4 Å². The zero-order valence-electron chi connectivity index (χ0n) is 12.3. The van der Waals surface area contributed by atoms with E-state index in [1.165, 1.54) is 6.07 Å². The highest BCUT2D eigenvalue weighted by molar-refractivity contribution is 5.43. The van der Waals surface area contributed by atoms with Crippen molar-refractivity contribution in [1.29, 1.82) is 5.26 Å². The Morgan fingerprint density at radius 1 is 1.23 bits per heavy atom. The van der Waals surface area contributed by atoms with E-state index in [0.717, 1.165) is 49.9 Å². The van der Waals surface area contributed by atoms with E-state index in [9.17, 15) is 13.2 Å². The molecule has 22 heavy (non-hydrogen) atoms. The van der Waals surface area contributed by atoms with Crippen molar-refractivity contribution in [2.75, 3.05) is 13.1 Å². The molecule has 0 bridgehead atoms. The van der Waals surface area contributed by atoms with E-state index in [4.69, 9.17) is 11.0 Å². The molecule has 1 aliphatic carbocycles. The minimum atomic E-state index is -4.41. The summed E-state index contributed by atoms with van der Waals surface area (Å²) in [7, 11) is 0. The van der Waals surface area contributed by atoms with Crippen LogP contribution < -0.4 is 11.1 Å². The molecule has 1 aromatic rings. The van der Waals surface area contributed by atoms with Crippen LogP contribution in [0.15, 0.2) is 18.2 Å². The van der Waals surface area contributed by atoms with E-state index in [2.05, 4.69) is 5.32 Å². The van der Waals surface area contributed by atoms with Gasteiger partial charge in [0.05, 0.1) is 17.2 Å². The van der Waals surface area contributed by atoms with Crippen LogP contribution in [-0.4, -0.2) is 19.1 Å². The maximum absolute atomic E-state index is 12.7. The third-order valence-corrected chi connectivity index (χ3v) is 4.25. The van der Waals surface area contributed by atoms with Crippen molar-refractivity contribution < 1.29 is 13.2 Å². The number of hydrogen-bond donors (Lipinski definition) is 2. The standard InChI is InChI=1S/C16H20F3N3/c17-16(18,19)13-3-6-15(12(9-13)10-21)11-1-4-14(5-2-11)22-8-7-20/h3,6,9,11,14,22H,1-2,4-5,7-8,20H2. The molecule has 0 amide bonds. The number of halogens is 3. The highest BCUT2D eigenvalue weighted by Crippen LogP contribution is 2.37. The Kier molecular flexibility index (Phi) is 5.43. The molecule has 3 nitrogen and oxygen atoms in total. The number of nitrogens with zero attached hydrogens (tertiary/aromatic N) is 1. The smallest absolute Gasteiger partial charge is 0.329 e. The molecule has 1 aromatic carbocycles. The van der Waals surface area contributed by atoms with Crippen molar-refractivity contribution >= 4 is 0 Å². The van der Waals surface area contributed by atoms with Gasteiger partial charge in [-0.15, -0.1) is 0 Å². The summed E-state index contributed by atoms with van der Waals surface area (Å²) in [5.41, 5.74) is 5.59. The molecule has 2 rings (SSSR count). The molecule has 3 N–H and O–H groups in total. The van der Waals surface area contributed by atoms with Gasteiger partial charge in [-0.3, -0.25) is 0 Å². The Hall–Kier alpha value is -1.58. The highest BCUT2D eigenvalue weighted by atomic mass is 19.4. The first-order valence-electron chi connectivity index (χ1n) is 7.50. The predicted octanol–water partition coefficient (Wildman–Crippen LogP) is 3.15. The molecule has 6 heteroatoms. The van der Waals surface area contributed by atoms with E-state index in [0.29, 0.717) is 12.6 Å². The van der Waals surface area contributed by atoms with Gasteiger partial charge in [0.1, 0.15) is 0 Å². The van der Waals surface area contributed by atoms with E-state index in [1.54, 1.807) is 0 Å². The van der Waals surface area contributed by atoms with Gasteiger partial charge in [0.25, 0.3) is 0 Å². The molecule has 0 aliphatic heterocycles. The van der Waals surface area contributed by atoms with E-state index >= 15 is 0 Å². The number of hydrogen-bond acceptors (Lipinski definition) is 3. The highest BCUT2D eigenvalue weighted by Gasteiger charge is 2.32. The second kappa shape index (κ2) is 7.12. The number of rotatable bonds is 4. The van der Waals surface area contributed by atoms with E-state index < -0.39 is 11.7 Å². The van der Waals surface area contributed by atoms with Gasteiger partial charge >= 0.3 is 6.18 Å². The third kappa shape index (κ3) is 3.99. The SMILES string of the molecule is N#Cc1cc(C(F)(F)F)ccc1C1CCC(NCCN)CC1. The second-order valence-electron chi connectivity index (χ2n) is 5.70. The fourth-order valence-electron chi connectivity index (χ4n) is 3.08. The lowest BCUT2D eigenvalue weighted by molar-refractivity contribution is -0.137. The molecule has 0 radical (unpaired) electrons. The molecule has 1 saturated carbocycles. The van der Waals surface area contributed by atoms with Crippen LogP contribution in [0.25, 0.3) is 0 Å². The number of nitriles is 1. The van der Waals surface area contributed by atoms with Crippen molar-refractivity contribution in [1.82, 2.24) is 5.32 Å². The average Bonchev–Trinajstić information content (AvgIpc) is 2.52. The van der Waals surface area contributed by atoms with Crippen LogP contribution in [0.5, 0.6) is 0 Å². The molecule has 0 aromatic heterocycles. The van der Waals surface area contributed by atoms with Crippen molar-refractivity contribution in [3.8, 4) is 6.07 Å². The van der Waals surface area contributed by atoms with Crippen LogP contribution in [-0.2, 0) is 6.18 Å². The van der Waals surface area contributed by atoms with Gasteiger partial charge < -0.3 is 11.1 Å². The third-order valence-electron chi connectivity index (χ3n) is 4.25. The van der Waals surface area contributed by atoms with Gasteiger partial charge in [0.2, 0.25) is 0 Å². The minimum Gasteiger partial charge on any atom is -0.329 e. The Labute approximate surface area is 128 Å². The fraction of sp³-hybridized carbons (Fsp3) is 0.562. The lowest BCUT2D eigenvalue weighted by atomic mass is 9.80. The van der Waals surface area contributed by atoms with Crippen LogP contribution >= 0.6 is 0 Å². The normalized spacial score (nSPS) is 22.3. The summed E-state index contributed by atoms with van der Waals surface area (Å²) in [5, 5.41) is 12.5. The Balaban J connectivity index is 2.09. The van der Waals surface area contributed by atoms with Crippen LogP contribution in [0, 0.1) is 11.3 Å². The Bertz CT molecular complexity index is 541. The Morgan fingerprint density at radius 2 is 1.91 bits per heavy atom.